The second-order valence-electron chi connectivity index (χ2n) is 3.17. The quantitative estimate of drug-likeness (QED) is 0.335. The highest BCUT2D eigenvalue weighted by molar-refractivity contribution is 5.84. The smallest absolute Gasteiger partial charge is 0.209 e. The van der Waals surface area contributed by atoms with Crippen molar-refractivity contribution in [2.45, 2.75) is 18.3 Å². The van der Waals surface area contributed by atoms with Gasteiger partial charge in [0.2, 0.25) is 6.41 Å². The van der Waals surface area contributed by atoms with E-state index in [-0.39, 0.29) is 6.54 Å². The van der Waals surface area contributed by atoms with Crippen LogP contribution in [0.5, 0.6) is 0 Å². The second-order valence-corrected chi connectivity index (χ2v) is 3.17. The van der Waals surface area contributed by atoms with Crippen LogP contribution in [0.15, 0.2) is 0 Å². The highest BCUT2D eigenvalue weighted by Crippen LogP contribution is 2.02. The molecule has 0 fully saturated rings. The van der Waals surface area contributed by atoms with Crippen molar-refractivity contribution < 1.29 is 30.0 Å². The number of hydrogen-bond acceptors (Lipinski definition) is 6. The van der Waals surface area contributed by atoms with E-state index in [4.69, 9.17) is 10.2 Å². The van der Waals surface area contributed by atoms with Gasteiger partial charge >= 0.3 is 0 Å². The third-order valence-electron chi connectivity index (χ3n) is 1.86. The molecule has 0 saturated carbocycles. The van der Waals surface area contributed by atoms with Gasteiger partial charge in [-0.3, -0.25) is 9.59 Å². The van der Waals surface area contributed by atoms with E-state index in [9.17, 15) is 19.8 Å². The maximum absolute atomic E-state index is 10.8. The average molecular weight is 221 g/mol. The van der Waals surface area contributed by atoms with Crippen LogP contribution < -0.4 is 0 Å². The average Bonchev–Trinajstić information content (AvgIpc) is 2.25. The summed E-state index contributed by atoms with van der Waals surface area (Å²) >= 11 is 0. The van der Waals surface area contributed by atoms with Gasteiger partial charge < -0.3 is 25.3 Å². The van der Waals surface area contributed by atoms with Crippen molar-refractivity contribution in [1.82, 2.24) is 4.90 Å². The Morgan fingerprint density at radius 2 is 1.93 bits per heavy atom. The number of ketones is 1. The zero-order valence-electron chi connectivity index (χ0n) is 8.28. The number of amides is 1. The van der Waals surface area contributed by atoms with Crippen molar-refractivity contribution in [3.63, 3.8) is 0 Å². The summed E-state index contributed by atoms with van der Waals surface area (Å²) in [6.07, 6.45) is -4.61. The van der Waals surface area contributed by atoms with Gasteiger partial charge in [0.1, 0.15) is 24.9 Å². The van der Waals surface area contributed by atoms with Gasteiger partial charge in [-0.15, -0.1) is 0 Å². The van der Waals surface area contributed by atoms with Crippen molar-refractivity contribution in [2.75, 3.05) is 20.2 Å². The molecule has 0 unspecified atom stereocenters. The summed E-state index contributed by atoms with van der Waals surface area (Å²) in [5.74, 6) is -0.990. The van der Waals surface area contributed by atoms with Gasteiger partial charge in [-0.05, 0) is 0 Å². The van der Waals surface area contributed by atoms with Gasteiger partial charge in [-0.2, -0.15) is 0 Å². The van der Waals surface area contributed by atoms with Crippen LogP contribution in [0.4, 0.5) is 0 Å². The van der Waals surface area contributed by atoms with Crippen LogP contribution in [0.1, 0.15) is 0 Å². The maximum atomic E-state index is 10.8. The Kier molecular flexibility index (Phi) is 6.02. The third kappa shape index (κ3) is 4.34. The Bertz CT molecular complexity index is 221. The van der Waals surface area contributed by atoms with Gasteiger partial charge in [-0.1, -0.05) is 0 Å². The van der Waals surface area contributed by atoms with Crippen LogP contribution in [-0.2, 0) is 9.59 Å². The summed E-state index contributed by atoms with van der Waals surface area (Å²) in [4.78, 5) is 22.0. The van der Waals surface area contributed by atoms with Gasteiger partial charge in [0.25, 0.3) is 0 Å². The molecule has 0 aromatic heterocycles. The fourth-order valence-electron chi connectivity index (χ4n) is 0.940. The molecule has 4 N–H and O–H groups in total. The van der Waals surface area contributed by atoms with Gasteiger partial charge in [0.15, 0.2) is 5.78 Å². The van der Waals surface area contributed by atoms with E-state index in [0.29, 0.717) is 6.41 Å². The minimum absolute atomic E-state index is 0.222. The molecule has 88 valence electrons. The number of hydrogen-bond donors (Lipinski definition) is 4. The Labute approximate surface area is 86.6 Å². The van der Waals surface area contributed by atoms with E-state index in [1.54, 1.807) is 0 Å². The van der Waals surface area contributed by atoms with Crippen LogP contribution in [0.3, 0.4) is 0 Å². The van der Waals surface area contributed by atoms with E-state index >= 15 is 0 Å². The minimum atomic E-state index is -1.86. The number of nitrogens with zero attached hydrogens (tertiary/aromatic N) is 1. The first kappa shape index (κ1) is 14.0. The predicted molar refractivity (Wildman–Crippen MR) is 48.8 cm³/mol. The lowest BCUT2D eigenvalue weighted by Gasteiger charge is -2.23. The van der Waals surface area contributed by atoms with Crippen molar-refractivity contribution in [3.05, 3.63) is 0 Å². The molecule has 0 heterocycles. The summed E-state index contributed by atoms with van der Waals surface area (Å²) in [5, 5.41) is 36.1. The molecule has 0 aliphatic heterocycles. The van der Waals surface area contributed by atoms with Crippen molar-refractivity contribution >= 4 is 12.2 Å². The predicted octanol–water partition coefficient (Wildman–Crippen LogP) is -3.28. The van der Waals surface area contributed by atoms with Gasteiger partial charge in [0.05, 0.1) is 0 Å². The largest absolute Gasteiger partial charge is 0.388 e. The molecule has 0 aromatic rings. The first-order chi connectivity index (χ1) is 6.93. The summed E-state index contributed by atoms with van der Waals surface area (Å²) in [7, 11) is 1.36. The molecule has 0 saturated heterocycles. The Hall–Kier alpha value is -1.02. The normalized spacial score (nSPS) is 16.6. The fraction of sp³-hybridized carbons (Fsp3) is 0.750. The molecular formula is C8H15NO6. The lowest BCUT2D eigenvalue weighted by molar-refractivity contribution is -0.142. The van der Waals surface area contributed by atoms with E-state index in [0.717, 1.165) is 4.90 Å². The molecule has 0 radical (unpaired) electrons. The van der Waals surface area contributed by atoms with Crippen molar-refractivity contribution in [2.24, 2.45) is 0 Å². The highest BCUT2D eigenvalue weighted by Gasteiger charge is 2.30. The summed E-state index contributed by atoms with van der Waals surface area (Å²) < 4.78 is 0. The molecule has 0 aliphatic rings. The number of likely N-dealkylation sites (N-methyl/N-ethyl adjacent to an activating group) is 1. The molecule has 0 spiro atoms. The molecule has 3 atom stereocenters. The molecule has 0 aliphatic carbocycles. The maximum Gasteiger partial charge on any atom is 0.209 e. The van der Waals surface area contributed by atoms with Crippen LogP contribution in [0.25, 0.3) is 0 Å². The summed E-state index contributed by atoms with van der Waals surface area (Å²) in [6.45, 7) is -1.14. The SMILES string of the molecule is CN(C=O)C[C@H](O)[C@@H](O)[C@H](O)C(=O)CO. The van der Waals surface area contributed by atoms with E-state index in [1.807, 2.05) is 0 Å². The number of aliphatic hydroxyl groups excluding tert-OH is 4. The fourth-order valence-corrected chi connectivity index (χ4v) is 0.940. The first-order valence-corrected chi connectivity index (χ1v) is 4.27. The monoisotopic (exact) mass is 221 g/mol. The Morgan fingerprint density at radius 1 is 1.40 bits per heavy atom. The van der Waals surface area contributed by atoms with Crippen LogP contribution >= 0.6 is 0 Å². The molecule has 0 bridgehead atoms. The highest BCUT2D eigenvalue weighted by atomic mass is 16.4. The van der Waals surface area contributed by atoms with Crippen molar-refractivity contribution in [3.8, 4) is 0 Å². The van der Waals surface area contributed by atoms with E-state index < -0.39 is 30.7 Å². The summed E-state index contributed by atoms with van der Waals surface area (Å²) in [6, 6.07) is 0. The molecular weight excluding hydrogens is 206 g/mol. The molecule has 1 amide bonds. The number of carbonyl (C=O) groups is 2. The standard InChI is InChI=1S/C8H15NO6/c1-9(4-11)2-5(12)7(14)8(15)6(13)3-10/h4-5,7-8,10,12,14-15H,2-3H2,1H3/t5-,7+,8+/m0/s1. The third-order valence-corrected chi connectivity index (χ3v) is 1.86. The number of Topliss-reactive ketones (excluding diaryl/α,β-unsaturated/α-hetero) is 1. The van der Waals surface area contributed by atoms with Gasteiger partial charge in [-0.25, -0.2) is 0 Å². The summed E-state index contributed by atoms with van der Waals surface area (Å²) in [5.41, 5.74) is 0. The Morgan fingerprint density at radius 3 is 2.33 bits per heavy atom. The molecule has 7 heteroatoms. The van der Waals surface area contributed by atoms with Crippen molar-refractivity contribution in [1.29, 1.82) is 0 Å². The zero-order chi connectivity index (χ0) is 12.0. The van der Waals surface area contributed by atoms with E-state index in [1.165, 1.54) is 7.05 Å². The number of aliphatic hydroxyl groups is 4. The first-order valence-electron chi connectivity index (χ1n) is 4.27. The van der Waals surface area contributed by atoms with Gasteiger partial charge in [0, 0.05) is 13.6 Å². The Balaban J connectivity index is 4.23. The number of carbonyl (C=O) groups excluding carboxylic acids is 2. The number of rotatable bonds is 7. The van der Waals surface area contributed by atoms with E-state index in [2.05, 4.69) is 0 Å². The lowest BCUT2D eigenvalue weighted by atomic mass is 10.0. The molecule has 0 aromatic carbocycles. The topological polar surface area (TPSA) is 118 Å². The molecule has 7 nitrogen and oxygen atoms in total. The van der Waals surface area contributed by atoms with Crippen LogP contribution in [-0.4, -0.2) is 76.0 Å². The molecule has 0 rings (SSSR count). The van der Waals surface area contributed by atoms with Crippen LogP contribution in [0, 0.1) is 0 Å². The molecule has 15 heavy (non-hydrogen) atoms. The van der Waals surface area contributed by atoms with Crippen LogP contribution in [0.2, 0.25) is 0 Å². The zero-order valence-corrected chi connectivity index (χ0v) is 8.28. The second kappa shape index (κ2) is 6.46. The minimum Gasteiger partial charge on any atom is -0.388 e. The lowest BCUT2D eigenvalue weighted by Crippen LogP contribution is -2.47.